The molecule has 2 rings (SSSR count). The molecule has 0 bridgehead atoms. The second-order valence-electron chi connectivity index (χ2n) is 3.97. The van der Waals surface area contributed by atoms with E-state index in [9.17, 15) is 0 Å². The first-order valence-electron chi connectivity index (χ1n) is 5.88. The van der Waals surface area contributed by atoms with E-state index in [1.54, 1.807) is 0 Å². The molecule has 0 saturated carbocycles. The van der Waals surface area contributed by atoms with Gasteiger partial charge < -0.3 is 5.32 Å². The Labute approximate surface area is 102 Å². The molecule has 2 aromatic rings. The molecule has 0 radical (unpaired) electrons. The summed E-state index contributed by atoms with van der Waals surface area (Å²) in [7, 11) is 1.96. The van der Waals surface area contributed by atoms with Gasteiger partial charge in [0, 0.05) is 24.6 Å². The highest BCUT2D eigenvalue weighted by Crippen LogP contribution is 2.23. The highest BCUT2D eigenvalue weighted by molar-refractivity contribution is 5.30. The molecule has 0 aliphatic rings. The van der Waals surface area contributed by atoms with Crippen molar-refractivity contribution in [3.05, 3.63) is 47.5 Å². The third-order valence-corrected chi connectivity index (χ3v) is 2.99. The molecule has 0 aliphatic carbocycles. The van der Waals surface area contributed by atoms with E-state index in [-0.39, 0.29) is 6.04 Å². The fourth-order valence-electron chi connectivity index (χ4n) is 2.12. The van der Waals surface area contributed by atoms with Gasteiger partial charge in [-0.3, -0.25) is 9.67 Å². The van der Waals surface area contributed by atoms with E-state index >= 15 is 0 Å². The predicted octanol–water partition coefficient (Wildman–Crippen LogP) is 1.92. The van der Waals surface area contributed by atoms with Crippen molar-refractivity contribution in [3.63, 3.8) is 0 Å². The van der Waals surface area contributed by atoms with E-state index in [1.807, 2.05) is 37.1 Å². The molecule has 0 aromatic carbocycles. The fraction of sp³-hybridized carbons (Fsp3) is 0.385. The largest absolute Gasteiger partial charge is 0.308 e. The smallest absolute Gasteiger partial charge is 0.0763 e. The van der Waals surface area contributed by atoms with Crippen molar-refractivity contribution in [2.45, 2.75) is 26.4 Å². The summed E-state index contributed by atoms with van der Waals surface area (Å²) in [4.78, 5) is 4.34. The van der Waals surface area contributed by atoms with Crippen LogP contribution in [0.5, 0.6) is 0 Å². The minimum absolute atomic E-state index is 0.145. The fourth-order valence-corrected chi connectivity index (χ4v) is 2.12. The summed E-state index contributed by atoms with van der Waals surface area (Å²) in [5.74, 6) is 0. The first-order valence-corrected chi connectivity index (χ1v) is 5.88. The number of rotatable bonds is 4. The molecule has 0 fully saturated rings. The number of hydrogen-bond donors (Lipinski definition) is 1. The van der Waals surface area contributed by atoms with Crippen LogP contribution in [0.2, 0.25) is 0 Å². The van der Waals surface area contributed by atoms with Crippen LogP contribution in [0.1, 0.15) is 29.9 Å². The molecule has 0 aliphatic heterocycles. The third kappa shape index (κ3) is 2.22. The molecule has 1 N–H and O–H groups in total. The summed E-state index contributed by atoms with van der Waals surface area (Å²) in [5.41, 5.74) is 3.42. The molecule has 1 unspecified atom stereocenters. The van der Waals surface area contributed by atoms with Crippen LogP contribution >= 0.6 is 0 Å². The van der Waals surface area contributed by atoms with Crippen molar-refractivity contribution in [3.8, 4) is 0 Å². The summed E-state index contributed by atoms with van der Waals surface area (Å²) in [6.45, 7) is 5.01. The topological polar surface area (TPSA) is 42.7 Å². The van der Waals surface area contributed by atoms with Crippen LogP contribution in [-0.4, -0.2) is 21.8 Å². The standard InChI is InChI=1S/C13H18N4/c1-4-17-12(7-9-16-17)13(14-3)11-6-5-8-15-10(11)2/h5-9,13-14H,4H2,1-3H3. The molecular formula is C13H18N4. The summed E-state index contributed by atoms with van der Waals surface area (Å²) in [5, 5.41) is 7.65. The number of hydrogen-bond acceptors (Lipinski definition) is 3. The zero-order chi connectivity index (χ0) is 12.3. The number of nitrogens with one attached hydrogen (secondary N) is 1. The predicted molar refractivity (Wildman–Crippen MR) is 67.8 cm³/mol. The number of nitrogens with zero attached hydrogens (tertiary/aromatic N) is 3. The van der Waals surface area contributed by atoms with E-state index in [2.05, 4.69) is 34.5 Å². The summed E-state index contributed by atoms with van der Waals surface area (Å²) in [6, 6.07) is 6.28. The number of pyridine rings is 1. The van der Waals surface area contributed by atoms with Gasteiger partial charge in [0.15, 0.2) is 0 Å². The first kappa shape index (κ1) is 11.8. The average molecular weight is 230 g/mol. The number of aromatic nitrogens is 3. The van der Waals surface area contributed by atoms with Crippen LogP contribution in [0.15, 0.2) is 30.6 Å². The lowest BCUT2D eigenvalue weighted by Crippen LogP contribution is -2.22. The molecule has 4 heteroatoms. The molecule has 0 saturated heterocycles. The summed E-state index contributed by atoms with van der Waals surface area (Å²) < 4.78 is 2.01. The molecule has 17 heavy (non-hydrogen) atoms. The quantitative estimate of drug-likeness (QED) is 0.872. The second-order valence-corrected chi connectivity index (χ2v) is 3.97. The Balaban J connectivity index is 2.44. The normalized spacial score (nSPS) is 12.6. The van der Waals surface area contributed by atoms with Crippen LogP contribution in [-0.2, 0) is 6.54 Å². The van der Waals surface area contributed by atoms with E-state index in [0.717, 1.165) is 12.2 Å². The molecule has 4 nitrogen and oxygen atoms in total. The first-order chi connectivity index (χ1) is 8.27. The van der Waals surface area contributed by atoms with Crippen molar-refractivity contribution in [1.29, 1.82) is 0 Å². The Hall–Kier alpha value is -1.68. The van der Waals surface area contributed by atoms with Crippen molar-refractivity contribution in [2.75, 3.05) is 7.05 Å². The Morgan fingerprint density at radius 1 is 1.35 bits per heavy atom. The van der Waals surface area contributed by atoms with E-state index in [0.29, 0.717) is 0 Å². The summed E-state index contributed by atoms with van der Waals surface area (Å²) >= 11 is 0. The maximum atomic E-state index is 4.34. The Kier molecular flexibility index (Phi) is 3.54. The molecule has 1 atom stereocenters. The Morgan fingerprint density at radius 3 is 2.82 bits per heavy atom. The molecular weight excluding hydrogens is 212 g/mol. The lowest BCUT2D eigenvalue weighted by molar-refractivity contribution is 0.560. The van der Waals surface area contributed by atoms with Gasteiger partial charge in [-0.15, -0.1) is 0 Å². The molecule has 0 amide bonds. The molecule has 90 valence electrons. The van der Waals surface area contributed by atoms with Crippen LogP contribution in [0.4, 0.5) is 0 Å². The monoisotopic (exact) mass is 230 g/mol. The van der Waals surface area contributed by atoms with Crippen molar-refractivity contribution in [1.82, 2.24) is 20.1 Å². The van der Waals surface area contributed by atoms with E-state index < -0.39 is 0 Å². The minimum atomic E-state index is 0.145. The lowest BCUT2D eigenvalue weighted by atomic mass is 10.0. The van der Waals surface area contributed by atoms with Crippen LogP contribution in [0, 0.1) is 6.92 Å². The SMILES string of the molecule is CCn1nccc1C(NC)c1cccnc1C. The van der Waals surface area contributed by atoms with Gasteiger partial charge in [-0.25, -0.2) is 0 Å². The van der Waals surface area contributed by atoms with E-state index in [1.165, 1.54) is 11.3 Å². The van der Waals surface area contributed by atoms with Gasteiger partial charge in [0.05, 0.1) is 11.7 Å². The van der Waals surface area contributed by atoms with Gasteiger partial charge >= 0.3 is 0 Å². The molecule has 2 heterocycles. The van der Waals surface area contributed by atoms with Crippen LogP contribution < -0.4 is 5.32 Å². The lowest BCUT2D eigenvalue weighted by Gasteiger charge is -2.19. The maximum Gasteiger partial charge on any atom is 0.0763 e. The van der Waals surface area contributed by atoms with Crippen LogP contribution in [0.25, 0.3) is 0 Å². The van der Waals surface area contributed by atoms with Gasteiger partial charge in [-0.2, -0.15) is 5.10 Å². The van der Waals surface area contributed by atoms with Gasteiger partial charge in [-0.05, 0) is 38.6 Å². The van der Waals surface area contributed by atoms with Gasteiger partial charge in [0.2, 0.25) is 0 Å². The van der Waals surface area contributed by atoms with Gasteiger partial charge in [0.25, 0.3) is 0 Å². The Morgan fingerprint density at radius 2 is 2.18 bits per heavy atom. The Bertz CT molecular complexity index is 490. The van der Waals surface area contributed by atoms with E-state index in [4.69, 9.17) is 0 Å². The average Bonchev–Trinajstić information content (AvgIpc) is 2.81. The van der Waals surface area contributed by atoms with Crippen molar-refractivity contribution >= 4 is 0 Å². The maximum absolute atomic E-state index is 4.34. The summed E-state index contributed by atoms with van der Waals surface area (Å²) in [6.07, 6.45) is 3.66. The third-order valence-electron chi connectivity index (χ3n) is 2.99. The molecule has 2 aromatic heterocycles. The number of aryl methyl sites for hydroxylation is 2. The van der Waals surface area contributed by atoms with Crippen molar-refractivity contribution < 1.29 is 0 Å². The van der Waals surface area contributed by atoms with Crippen LogP contribution in [0.3, 0.4) is 0 Å². The highest BCUT2D eigenvalue weighted by atomic mass is 15.3. The van der Waals surface area contributed by atoms with Gasteiger partial charge in [0.1, 0.15) is 0 Å². The second kappa shape index (κ2) is 5.10. The molecule has 0 spiro atoms. The minimum Gasteiger partial charge on any atom is -0.308 e. The highest BCUT2D eigenvalue weighted by Gasteiger charge is 2.17. The van der Waals surface area contributed by atoms with Gasteiger partial charge in [-0.1, -0.05) is 6.07 Å². The zero-order valence-corrected chi connectivity index (χ0v) is 10.5. The van der Waals surface area contributed by atoms with Crippen molar-refractivity contribution in [2.24, 2.45) is 0 Å². The zero-order valence-electron chi connectivity index (χ0n) is 10.5.